The Morgan fingerprint density at radius 3 is 2.71 bits per heavy atom. The molecule has 0 saturated carbocycles. The molecule has 1 heterocycles. The van der Waals surface area contributed by atoms with Gasteiger partial charge in [-0.05, 0) is 11.4 Å². The molecular weight excluding hydrogens is 304 g/mol. The summed E-state index contributed by atoms with van der Waals surface area (Å²) in [5.74, 6) is -3.18. The van der Waals surface area contributed by atoms with Crippen LogP contribution in [0.5, 0.6) is 0 Å². The van der Waals surface area contributed by atoms with Gasteiger partial charge in [0.25, 0.3) is 5.69 Å². The van der Waals surface area contributed by atoms with E-state index in [1.807, 2.05) is 5.32 Å². The van der Waals surface area contributed by atoms with E-state index in [-0.39, 0.29) is 0 Å². The molecule has 6 nitrogen and oxygen atoms in total. The number of nitrogens with one attached hydrogen (secondary N) is 1. The first-order valence-electron chi connectivity index (χ1n) is 5.63. The van der Waals surface area contributed by atoms with Crippen LogP contribution in [0.2, 0.25) is 0 Å². The number of halogens is 2. The van der Waals surface area contributed by atoms with Crippen LogP contribution in [0.25, 0.3) is 0 Å². The summed E-state index contributed by atoms with van der Waals surface area (Å²) in [6.07, 6.45) is 0. The minimum Gasteiger partial charge on any atom is -0.316 e. The van der Waals surface area contributed by atoms with Crippen molar-refractivity contribution in [2.24, 2.45) is 5.73 Å². The fourth-order valence-electron chi connectivity index (χ4n) is 1.63. The van der Waals surface area contributed by atoms with E-state index >= 15 is 0 Å². The number of nitro benzene ring substituents is 1. The average Bonchev–Trinajstić information content (AvgIpc) is 2.94. The van der Waals surface area contributed by atoms with E-state index in [1.54, 1.807) is 17.5 Å². The molecule has 1 aromatic carbocycles. The summed E-state index contributed by atoms with van der Waals surface area (Å²) in [6.45, 7) is 0. The highest BCUT2D eigenvalue weighted by atomic mass is 32.1. The zero-order valence-corrected chi connectivity index (χ0v) is 11.2. The molecule has 0 fully saturated rings. The number of thiophene rings is 1. The third-order valence-corrected chi connectivity index (χ3v) is 3.57. The third kappa shape index (κ3) is 3.20. The molecule has 0 saturated heterocycles. The van der Waals surface area contributed by atoms with Crippen molar-refractivity contribution in [2.75, 3.05) is 5.32 Å². The molecule has 0 aliphatic carbocycles. The van der Waals surface area contributed by atoms with Gasteiger partial charge in [-0.15, -0.1) is 11.3 Å². The van der Waals surface area contributed by atoms with Crippen LogP contribution in [0.3, 0.4) is 0 Å². The van der Waals surface area contributed by atoms with Crippen molar-refractivity contribution in [3.8, 4) is 0 Å². The van der Waals surface area contributed by atoms with Gasteiger partial charge in [-0.3, -0.25) is 14.9 Å². The molecule has 2 rings (SSSR count). The van der Waals surface area contributed by atoms with Crippen LogP contribution >= 0.6 is 11.3 Å². The van der Waals surface area contributed by atoms with Crippen molar-refractivity contribution in [2.45, 2.75) is 6.04 Å². The predicted molar refractivity (Wildman–Crippen MR) is 72.9 cm³/mol. The number of rotatable bonds is 4. The van der Waals surface area contributed by atoms with Crippen molar-refractivity contribution in [1.29, 1.82) is 0 Å². The molecule has 0 aliphatic rings. The highest BCUT2D eigenvalue weighted by Crippen LogP contribution is 2.29. The molecule has 1 unspecified atom stereocenters. The zero-order chi connectivity index (χ0) is 15.6. The van der Waals surface area contributed by atoms with E-state index in [0.29, 0.717) is 17.0 Å². The van der Waals surface area contributed by atoms with E-state index in [0.717, 1.165) is 0 Å². The number of carbonyl (C=O) groups excluding carboxylic acids is 1. The van der Waals surface area contributed by atoms with E-state index in [4.69, 9.17) is 5.73 Å². The molecule has 1 aromatic heterocycles. The minimum absolute atomic E-state index is 0.444. The van der Waals surface area contributed by atoms with E-state index in [9.17, 15) is 23.7 Å². The second-order valence-electron chi connectivity index (χ2n) is 4.02. The van der Waals surface area contributed by atoms with Gasteiger partial charge in [-0.25, -0.2) is 8.78 Å². The van der Waals surface area contributed by atoms with Crippen LogP contribution in [0.15, 0.2) is 29.6 Å². The number of carbonyl (C=O) groups is 1. The summed E-state index contributed by atoms with van der Waals surface area (Å²) in [6, 6.07) is 3.14. The van der Waals surface area contributed by atoms with Gasteiger partial charge in [0.2, 0.25) is 5.91 Å². The Morgan fingerprint density at radius 1 is 1.43 bits per heavy atom. The predicted octanol–water partition coefficient (Wildman–Crippen LogP) is 2.57. The first-order chi connectivity index (χ1) is 9.90. The number of nitro groups is 1. The summed E-state index contributed by atoms with van der Waals surface area (Å²) in [5, 5.41) is 14.5. The quantitative estimate of drug-likeness (QED) is 0.669. The van der Waals surface area contributed by atoms with Crippen LogP contribution in [0.4, 0.5) is 20.2 Å². The molecule has 2 aromatic rings. The molecule has 1 atom stereocenters. The fraction of sp³-hybridized carbons (Fsp3) is 0.0833. The molecule has 0 aliphatic heterocycles. The van der Waals surface area contributed by atoms with Gasteiger partial charge in [0, 0.05) is 10.9 Å². The lowest BCUT2D eigenvalue weighted by Gasteiger charge is -2.11. The lowest BCUT2D eigenvalue weighted by atomic mass is 10.2. The van der Waals surface area contributed by atoms with Gasteiger partial charge in [0.1, 0.15) is 11.9 Å². The van der Waals surface area contributed by atoms with Crippen molar-refractivity contribution < 1.29 is 18.5 Å². The van der Waals surface area contributed by atoms with Crippen LogP contribution in [-0.2, 0) is 4.79 Å². The number of nitrogens with two attached hydrogens (primary N) is 1. The van der Waals surface area contributed by atoms with Gasteiger partial charge < -0.3 is 11.1 Å². The second-order valence-corrected chi connectivity index (χ2v) is 5.00. The monoisotopic (exact) mass is 313 g/mol. The average molecular weight is 313 g/mol. The summed E-state index contributed by atoms with van der Waals surface area (Å²) in [4.78, 5) is 22.2. The molecule has 21 heavy (non-hydrogen) atoms. The highest BCUT2D eigenvalue weighted by Gasteiger charge is 2.25. The summed E-state index contributed by atoms with van der Waals surface area (Å²) < 4.78 is 26.6. The summed E-state index contributed by atoms with van der Waals surface area (Å²) in [7, 11) is 0. The normalized spacial score (nSPS) is 12.0. The Kier molecular flexibility index (Phi) is 4.24. The molecule has 110 valence electrons. The van der Waals surface area contributed by atoms with E-state index in [2.05, 4.69) is 0 Å². The number of nitrogens with zero attached hydrogens (tertiary/aromatic N) is 1. The first-order valence-corrected chi connectivity index (χ1v) is 6.51. The molecule has 9 heteroatoms. The second kappa shape index (κ2) is 5.94. The van der Waals surface area contributed by atoms with E-state index < -0.39 is 39.9 Å². The molecular formula is C12H9F2N3O3S. The Balaban J connectivity index is 2.31. The zero-order valence-electron chi connectivity index (χ0n) is 10.4. The number of hydrogen-bond donors (Lipinski definition) is 2. The highest BCUT2D eigenvalue weighted by molar-refractivity contribution is 7.10. The number of anilines is 1. The minimum atomic E-state index is -1.24. The van der Waals surface area contributed by atoms with Crippen LogP contribution in [0.1, 0.15) is 10.9 Å². The molecule has 0 radical (unpaired) electrons. The van der Waals surface area contributed by atoms with Crippen molar-refractivity contribution >= 4 is 28.6 Å². The topological polar surface area (TPSA) is 98.3 Å². The van der Waals surface area contributed by atoms with Gasteiger partial charge in [0.15, 0.2) is 11.5 Å². The maximum atomic E-state index is 13.6. The molecule has 0 bridgehead atoms. The maximum absolute atomic E-state index is 13.6. The Hall–Kier alpha value is -2.39. The first kappa shape index (κ1) is 15.0. The van der Waals surface area contributed by atoms with Crippen molar-refractivity contribution in [3.05, 3.63) is 56.3 Å². The van der Waals surface area contributed by atoms with E-state index in [1.165, 1.54) is 11.3 Å². The van der Waals surface area contributed by atoms with Crippen molar-refractivity contribution in [3.63, 3.8) is 0 Å². The third-order valence-electron chi connectivity index (χ3n) is 2.61. The van der Waals surface area contributed by atoms with Crippen LogP contribution in [0, 0.1) is 21.7 Å². The number of benzene rings is 1. The fourth-order valence-corrected chi connectivity index (χ4v) is 2.35. The summed E-state index contributed by atoms with van der Waals surface area (Å²) in [5.41, 5.74) is 4.08. The van der Waals surface area contributed by atoms with Crippen LogP contribution < -0.4 is 11.1 Å². The Morgan fingerprint density at radius 2 is 2.14 bits per heavy atom. The lowest BCUT2D eigenvalue weighted by molar-refractivity contribution is -0.384. The summed E-state index contributed by atoms with van der Waals surface area (Å²) >= 11 is 1.21. The standard InChI is InChI=1S/C12H9F2N3O3S/c13-6-4-7(14)11(8(5-6)17(19)20)16-12(18)10(15)9-2-1-3-21-9/h1-5,10H,15H2,(H,16,18). The maximum Gasteiger partial charge on any atom is 0.298 e. The largest absolute Gasteiger partial charge is 0.316 e. The van der Waals surface area contributed by atoms with Gasteiger partial charge in [-0.1, -0.05) is 6.07 Å². The van der Waals surface area contributed by atoms with Crippen LogP contribution in [-0.4, -0.2) is 10.8 Å². The van der Waals surface area contributed by atoms with Gasteiger partial charge in [0.05, 0.1) is 11.0 Å². The van der Waals surface area contributed by atoms with Crippen molar-refractivity contribution in [1.82, 2.24) is 0 Å². The SMILES string of the molecule is NC(C(=O)Nc1c(F)cc(F)cc1[N+](=O)[O-])c1cccs1. The molecule has 3 N–H and O–H groups in total. The lowest BCUT2D eigenvalue weighted by Crippen LogP contribution is -2.27. The van der Waals surface area contributed by atoms with Gasteiger partial charge >= 0.3 is 0 Å². The molecule has 0 spiro atoms. The number of amides is 1. The molecule has 1 amide bonds. The Bertz CT molecular complexity index is 691. The number of hydrogen-bond acceptors (Lipinski definition) is 5. The van der Waals surface area contributed by atoms with Gasteiger partial charge in [-0.2, -0.15) is 0 Å². The smallest absolute Gasteiger partial charge is 0.298 e. The Labute approximate surface area is 121 Å².